The van der Waals surface area contributed by atoms with Crippen LogP contribution in [0.2, 0.25) is 0 Å². The summed E-state index contributed by atoms with van der Waals surface area (Å²) < 4.78 is 11.2. The molecule has 1 fully saturated rings. The number of nitrogens with one attached hydrogen (secondary N) is 1. The fourth-order valence-electron chi connectivity index (χ4n) is 2.81. The van der Waals surface area contributed by atoms with E-state index in [9.17, 15) is 5.11 Å². The number of hydrogen-bond acceptors (Lipinski definition) is 5. The second kappa shape index (κ2) is 8.70. The Balaban J connectivity index is 1.87. The molecule has 1 aliphatic rings. The number of methoxy groups -OCH3 is 1. The molecular weight excluding hydrogens is 304 g/mol. The third-order valence-electron chi connectivity index (χ3n) is 4.15. The lowest BCUT2D eigenvalue weighted by Crippen LogP contribution is -2.35. The van der Waals surface area contributed by atoms with Crippen molar-refractivity contribution in [3.63, 3.8) is 0 Å². The van der Waals surface area contributed by atoms with Gasteiger partial charge in [-0.25, -0.2) is 0 Å². The number of nitrogens with zero attached hydrogens (tertiary/aromatic N) is 1. The molecule has 1 aromatic carbocycles. The lowest BCUT2D eigenvalue weighted by Gasteiger charge is -2.22. The van der Waals surface area contributed by atoms with E-state index in [0.717, 1.165) is 25.2 Å². The SMILES string of the molecule is COc1cc(CNC(C)(C)C)ccc1OCC(O)CN1CCCC1. The number of β-amino-alcohol motifs (C(OH)–C–C–N with tert-alkyl or cyclic N) is 1. The maximum atomic E-state index is 10.1. The standard InChI is InChI=1S/C19H32N2O3/c1-19(2,3)20-12-15-7-8-17(18(11-15)23-4)24-14-16(22)13-21-9-5-6-10-21/h7-8,11,16,20,22H,5-6,9-10,12-14H2,1-4H3. The van der Waals surface area contributed by atoms with Crippen molar-refractivity contribution in [2.75, 3.05) is 33.4 Å². The largest absolute Gasteiger partial charge is 0.493 e. The van der Waals surface area contributed by atoms with Crippen molar-refractivity contribution in [2.45, 2.75) is 51.8 Å². The van der Waals surface area contributed by atoms with Gasteiger partial charge in [0.2, 0.25) is 0 Å². The smallest absolute Gasteiger partial charge is 0.161 e. The van der Waals surface area contributed by atoms with E-state index in [1.165, 1.54) is 12.8 Å². The molecule has 5 nitrogen and oxygen atoms in total. The molecule has 1 unspecified atom stereocenters. The molecule has 0 saturated carbocycles. The molecule has 1 aromatic rings. The van der Waals surface area contributed by atoms with Crippen LogP contribution in [-0.4, -0.2) is 55.0 Å². The summed E-state index contributed by atoms with van der Waals surface area (Å²) in [5.74, 6) is 1.38. The fraction of sp³-hybridized carbons (Fsp3) is 0.684. The van der Waals surface area contributed by atoms with Gasteiger partial charge >= 0.3 is 0 Å². The van der Waals surface area contributed by atoms with Crippen LogP contribution in [0.25, 0.3) is 0 Å². The highest BCUT2D eigenvalue weighted by atomic mass is 16.5. The molecule has 0 bridgehead atoms. The van der Waals surface area contributed by atoms with E-state index < -0.39 is 6.10 Å². The Kier molecular flexibility index (Phi) is 6.90. The first kappa shape index (κ1) is 19.0. The first-order valence-corrected chi connectivity index (χ1v) is 8.82. The highest BCUT2D eigenvalue weighted by Crippen LogP contribution is 2.28. The van der Waals surface area contributed by atoms with Gasteiger partial charge in [-0.3, -0.25) is 0 Å². The van der Waals surface area contributed by atoms with Crippen LogP contribution in [0.15, 0.2) is 18.2 Å². The summed E-state index contributed by atoms with van der Waals surface area (Å²) in [6, 6.07) is 5.94. The minimum absolute atomic E-state index is 0.0715. The highest BCUT2D eigenvalue weighted by molar-refractivity contribution is 5.43. The summed E-state index contributed by atoms with van der Waals surface area (Å²) in [6.45, 7) is 10.3. The minimum atomic E-state index is -0.477. The fourth-order valence-corrected chi connectivity index (χ4v) is 2.81. The number of aliphatic hydroxyl groups is 1. The van der Waals surface area contributed by atoms with Gasteiger partial charge in [0.15, 0.2) is 11.5 Å². The van der Waals surface area contributed by atoms with E-state index in [4.69, 9.17) is 9.47 Å². The lowest BCUT2D eigenvalue weighted by atomic mass is 10.1. The summed E-state index contributed by atoms with van der Waals surface area (Å²) in [7, 11) is 1.64. The maximum Gasteiger partial charge on any atom is 0.161 e. The predicted molar refractivity (Wildman–Crippen MR) is 96.8 cm³/mol. The molecule has 0 aromatic heterocycles. The van der Waals surface area contributed by atoms with Crippen molar-refractivity contribution in [1.29, 1.82) is 0 Å². The molecule has 2 N–H and O–H groups in total. The first-order valence-electron chi connectivity index (χ1n) is 8.82. The summed E-state index contributed by atoms with van der Waals surface area (Å²) >= 11 is 0. The van der Waals surface area contributed by atoms with Crippen LogP contribution >= 0.6 is 0 Å². The average Bonchev–Trinajstić information content (AvgIpc) is 3.03. The molecule has 1 heterocycles. The normalized spacial score (nSPS) is 17.0. The third kappa shape index (κ3) is 6.30. The van der Waals surface area contributed by atoms with E-state index in [2.05, 4.69) is 31.0 Å². The van der Waals surface area contributed by atoms with Crippen molar-refractivity contribution in [1.82, 2.24) is 10.2 Å². The molecular formula is C19H32N2O3. The molecule has 0 radical (unpaired) electrons. The van der Waals surface area contributed by atoms with Gasteiger partial charge in [0.05, 0.1) is 7.11 Å². The molecule has 2 rings (SSSR count). The molecule has 1 atom stereocenters. The Bertz CT molecular complexity index is 508. The number of aliphatic hydroxyl groups excluding tert-OH is 1. The van der Waals surface area contributed by atoms with Crippen molar-refractivity contribution >= 4 is 0 Å². The van der Waals surface area contributed by atoms with Crippen LogP contribution in [0, 0.1) is 0 Å². The minimum Gasteiger partial charge on any atom is -0.493 e. The monoisotopic (exact) mass is 336 g/mol. The summed E-state index contributed by atoms with van der Waals surface area (Å²) in [5.41, 5.74) is 1.22. The van der Waals surface area contributed by atoms with E-state index in [1.807, 2.05) is 18.2 Å². The van der Waals surface area contributed by atoms with E-state index >= 15 is 0 Å². The van der Waals surface area contributed by atoms with Crippen LogP contribution in [0.5, 0.6) is 11.5 Å². The molecule has 0 amide bonds. The van der Waals surface area contributed by atoms with Gasteiger partial charge in [-0.15, -0.1) is 0 Å². The van der Waals surface area contributed by atoms with E-state index in [0.29, 0.717) is 18.0 Å². The molecule has 0 spiro atoms. The Morgan fingerprint density at radius 3 is 2.54 bits per heavy atom. The van der Waals surface area contributed by atoms with Crippen molar-refractivity contribution < 1.29 is 14.6 Å². The van der Waals surface area contributed by atoms with E-state index in [1.54, 1.807) is 7.11 Å². The van der Waals surface area contributed by atoms with Crippen LogP contribution < -0.4 is 14.8 Å². The van der Waals surface area contributed by atoms with Crippen LogP contribution in [0.1, 0.15) is 39.2 Å². The van der Waals surface area contributed by atoms with Gasteiger partial charge in [0.1, 0.15) is 12.7 Å². The Labute approximate surface area is 146 Å². The maximum absolute atomic E-state index is 10.1. The van der Waals surface area contributed by atoms with Gasteiger partial charge in [-0.1, -0.05) is 6.07 Å². The van der Waals surface area contributed by atoms with Crippen LogP contribution in [0.4, 0.5) is 0 Å². The number of likely N-dealkylation sites (tertiary alicyclic amines) is 1. The van der Waals surface area contributed by atoms with Crippen molar-refractivity contribution in [3.8, 4) is 11.5 Å². The van der Waals surface area contributed by atoms with Gasteiger partial charge < -0.3 is 24.8 Å². The molecule has 24 heavy (non-hydrogen) atoms. The van der Waals surface area contributed by atoms with Gasteiger partial charge in [-0.2, -0.15) is 0 Å². The molecule has 136 valence electrons. The molecule has 1 saturated heterocycles. The number of hydrogen-bond donors (Lipinski definition) is 2. The summed E-state index contributed by atoms with van der Waals surface area (Å²) in [6.07, 6.45) is 1.98. The molecule has 5 heteroatoms. The Morgan fingerprint density at radius 1 is 1.21 bits per heavy atom. The predicted octanol–water partition coefficient (Wildman–Crippen LogP) is 2.42. The van der Waals surface area contributed by atoms with Crippen LogP contribution in [-0.2, 0) is 6.54 Å². The third-order valence-corrected chi connectivity index (χ3v) is 4.15. The Morgan fingerprint density at radius 2 is 1.92 bits per heavy atom. The zero-order chi connectivity index (χ0) is 17.6. The molecule has 0 aliphatic carbocycles. The average molecular weight is 336 g/mol. The summed E-state index contributed by atoms with van der Waals surface area (Å²) in [5, 5.41) is 13.6. The first-order chi connectivity index (χ1) is 11.4. The lowest BCUT2D eigenvalue weighted by molar-refractivity contribution is 0.0747. The van der Waals surface area contributed by atoms with Crippen molar-refractivity contribution in [2.24, 2.45) is 0 Å². The number of benzene rings is 1. The second-order valence-electron chi connectivity index (χ2n) is 7.56. The zero-order valence-corrected chi connectivity index (χ0v) is 15.5. The summed E-state index contributed by atoms with van der Waals surface area (Å²) in [4.78, 5) is 2.28. The Hall–Kier alpha value is -1.30. The second-order valence-corrected chi connectivity index (χ2v) is 7.56. The number of rotatable bonds is 8. The number of ether oxygens (including phenoxy) is 2. The quantitative estimate of drug-likeness (QED) is 0.763. The molecule has 1 aliphatic heterocycles. The van der Waals surface area contributed by atoms with Crippen LogP contribution in [0.3, 0.4) is 0 Å². The highest BCUT2D eigenvalue weighted by Gasteiger charge is 2.17. The van der Waals surface area contributed by atoms with Gasteiger partial charge in [0, 0.05) is 18.6 Å². The van der Waals surface area contributed by atoms with E-state index in [-0.39, 0.29) is 12.1 Å². The van der Waals surface area contributed by atoms with Gasteiger partial charge in [0.25, 0.3) is 0 Å². The zero-order valence-electron chi connectivity index (χ0n) is 15.5. The topological polar surface area (TPSA) is 54.0 Å². The van der Waals surface area contributed by atoms with Gasteiger partial charge in [-0.05, 0) is 64.4 Å². The van der Waals surface area contributed by atoms with Crippen molar-refractivity contribution in [3.05, 3.63) is 23.8 Å².